The molecule has 1 aromatic heterocycles. The highest BCUT2D eigenvalue weighted by Crippen LogP contribution is 2.23. The van der Waals surface area contributed by atoms with E-state index < -0.39 is 0 Å². The summed E-state index contributed by atoms with van der Waals surface area (Å²) in [6, 6.07) is 5.80. The van der Waals surface area contributed by atoms with E-state index in [9.17, 15) is 0 Å². The minimum atomic E-state index is 0.589. The standard InChI is InChI=1S/C14H18ClN3/c1-10(2)9-18-7-6-16-14(18)17-13-5-4-12(15)8-11(13)3/h4-8,10H,9H2,1-3H3,(H,16,17). The van der Waals surface area contributed by atoms with Crippen LogP contribution in [0.2, 0.25) is 5.02 Å². The van der Waals surface area contributed by atoms with Crippen molar-refractivity contribution >= 4 is 23.2 Å². The Morgan fingerprint density at radius 3 is 2.83 bits per heavy atom. The Morgan fingerprint density at radius 2 is 2.17 bits per heavy atom. The predicted molar refractivity (Wildman–Crippen MR) is 76.5 cm³/mol. The van der Waals surface area contributed by atoms with Crippen LogP contribution in [0.15, 0.2) is 30.6 Å². The van der Waals surface area contributed by atoms with Gasteiger partial charge in [-0.1, -0.05) is 25.4 Å². The number of benzene rings is 1. The third kappa shape index (κ3) is 3.05. The molecule has 0 aliphatic heterocycles. The Kier molecular flexibility index (Phi) is 3.92. The number of aromatic nitrogens is 2. The zero-order valence-electron chi connectivity index (χ0n) is 10.9. The number of anilines is 2. The fourth-order valence-electron chi connectivity index (χ4n) is 1.86. The molecular formula is C14H18ClN3. The fourth-order valence-corrected chi connectivity index (χ4v) is 2.09. The van der Waals surface area contributed by atoms with Crippen molar-refractivity contribution in [3.05, 3.63) is 41.2 Å². The van der Waals surface area contributed by atoms with E-state index in [1.165, 1.54) is 0 Å². The van der Waals surface area contributed by atoms with Crippen LogP contribution in [0.3, 0.4) is 0 Å². The summed E-state index contributed by atoms with van der Waals surface area (Å²) < 4.78 is 2.12. The summed E-state index contributed by atoms with van der Waals surface area (Å²) in [4.78, 5) is 4.35. The number of halogens is 1. The maximum atomic E-state index is 5.95. The molecule has 2 rings (SSSR count). The molecule has 0 aliphatic rings. The van der Waals surface area contributed by atoms with Crippen LogP contribution in [-0.2, 0) is 6.54 Å². The van der Waals surface area contributed by atoms with E-state index >= 15 is 0 Å². The normalized spacial score (nSPS) is 10.9. The molecule has 1 aromatic carbocycles. The molecule has 96 valence electrons. The summed E-state index contributed by atoms with van der Waals surface area (Å²) in [5, 5.41) is 4.10. The molecule has 4 heteroatoms. The van der Waals surface area contributed by atoms with Gasteiger partial charge in [0.15, 0.2) is 0 Å². The van der Waals surface area contributed by atoms with Crippen LogP contribution in [0.1, 0.15) is 19.4 Å². The Balaban J connectivity index is 2.21. The molecule has 0 aliphatic carbocycles. The molecule has 3 nitrogen and oxygen atoms in total. The molecule has 1 N–H and O–H groups in total. The maximum absolute atomic E-state index is 5.95. The molecule has 0 saturated heterocycles. The first-order chi connectivity index (χ1) is 8.56. The number of hydrogen-bond donors (Lipinski definition) is 1. The van der Waals surface area contributed by atoms with Gasteiger partial charge in [0.1, 0.15) is 0 Å². The van der Waals surface area contributed by atoms with Crippen molar-refractivity contribution in [3.63, 3.8) is 0 Å². The molecule has 0 unspecified atom stereocenters. The van der Waals surface area contributed by atoms with E-state index in [1.807, 2.05) is 37.5 Å². The molecular weight excluding hydrogens is 246 g/mol. The van der Waals surface area contributed by atoms with Crippen molar-refractivity contribution in [1.82, 2.24) is 9.55 Å². The topological polar surface area (TPSA) is 29.9 Å². The lowest BCUT2D eigenvalue weighted by Crippen LogP contribution is -2.07. The number of hydrogen-bond acceptors (Lipinski definition) is 2. The minimum Gasteiger partial charge on any atom is -0.325 e. The Morgan fingerprint density at radius 1 is 1.39 bits per heavy atom. The van der Waals surface area contributed by atoms with Gasteiger partial charge in [-0.15, -0.1) is 0 Å². The average Bonchev–Trinajstić information content (AvgIpc) is 2.69. The van der Waals surface area contributed by atoms with E-state index in [-0.39, 0.29) is 0 Å². The second-order valence-electron chi connectivity index (χ2n) is 4.88. The van der Waals surface area contributed by atoms with Crippen LogP contribution >= 0.6 is 11.6 Å². The summed E-state index contributed by atoms with van der Waals surface area (Å²) in [6.07, 6.45) is 3.81. The van der Waals surface area contributed by atoms with Crippen molar-refractivity contribution in [2.45, 2.75) is 27.3 Å². The van der Waals surface area contributed by atoms with Crippen molar-refractivity contribution < 1.29 is 0 Å². The van der Waals surface area contributed by atoms with E-state index in [1.54, 1.807) is 0 Å². The van der Waals surface area contributed by atoms with Crippen LogP contribution in [0.5, 0.6) is 0 Å². The third-order valence-electron chi connectivity index (χ3n) is 2.71. The average molecular weight is 264 g/mol. The van der Waals surface area contributed by atoms with E-state index in [2.05, 4.69) is 28.7 Å². The van der Waals surface area contributed by atoms with Gasteiger partial charge in [-0.2, -0.15) is 0 Å². The molecule has 1 heterocycles. The highest BCUT2D eigenvalue weighted by Gasteiger charge is 2.06. The van der Waals surface area contributed by atoms with E-state index in [0.29, 0.717) is 5.92 Å². The summed E-state index contributed by atoms with van der Waals surface area (Å²) in [5.41, 5.74) is 2.15. The van der Waals surface area contributed by atoms with Crippen molar-refractivity contribution in [2.24, 2.45) is 5.92 Å². The first-order valence-corrected chi connectivity index (χ1v) is 6.48. The molecule has 2 aromatic rings. The van der Waals surface area contributed by atoms with Gasteiger partial charge in [-0.05, 0) is 36.6 Å². The number of nitrogens with zero attached hydrogens (tertiary/aromatic N) is 2. The highest BCUT2D eigenvalue weighted by atomic mass is 35.5. The summed E-state index contributed by atoms with van der Waals surface area (Å²) in [5.74, 6) is 1.46. The molecule has 0 amide bonds. The number of nitrogens with one attached hydrogen (secondary N) is 1. The number of imidazole rings is 1. The Labute approximate surface area is 113 Å². The fraction of sp³-hybridized carbons (Fsp3) is 0.357. The largest absolute Gasteiger partial charge is 0.325 e. The van der Waals surface area contributed by atoms with Gasteiger partial charge in [0.2, 0.25) is 5.95 Å². The smallest absolute Gasteiger partial charge is 0.207 e. The first kappa shape index (κ1) is 13.0. The third-order valence-corrected chi connectivity index (χ3v) is 2.95. The number of rotatable bonds is 4. The molecule has 0 radical (unpaired) electrons. The van der Waals surface area contributed by atoms with Gasteiger partial charge in [0.25, 0.3) is 0 Å². The maximum Gasteiger partial charge on any atom is 0.207 e. The van der Waals surface area contributed by atoms with E-state index in [0.717, 1.165) is 28.8 Å². The minimum absolute atomic E-state index is 0.589. The Bertz CT molecular complexity index is 532. The second kappa shape index (κ2) is 5.44. The van der Waals surface area contributed by atoms with Crippen LogP contribution < -0.4 is 5.32 Å². The zero-order chi connectivity index (χ0) is 13.1. The van der Waals surface area contributed by atoms with Crippen molar-refractivity contribution in [3.8, 4) is 0 Å². The van der Waals surface area contributed by atoms with Crippen LogP contribution in [0.25, 0.3) is 0 Å². The summed E-state index contributed by atoms with van der Waals surface area (Å²) in [6.45, 7) is 7.37. The predicted octanol–water partition coefficient (Wildman–Crippen LogP) is 4.24. The number of aryl methyl sites for hydroxylation is 1. The van der Waals surface area contributed by atoms with Gasteiger partial charge in [0.05, 0.1) is 0 Å². The molecule has 0 fully saturated rings. The lowest BCUT2D eigenvalue weighted by Gasteiger charge is -2.13. The van der Waals surface area contributed by atoms with Crippen LogP contribution in [-0.4, -0.2) is 9.55 Å². The first-order valence-electron chi connectivity index (χ1n) is 6.10. The van der Waals surface area contributed by atoms with Gasteiger partial charge in [-0.25, -0.2) is 4.98 Å². The van der Waals surface area contributed by atoms with Gasteiger partial charge >= 0.3 is 0 Å². The molecule has 18 heavy (non-hydrogen) atoms. The molecule has 0 bridgehead atoms. The van der Waals surface area contributed by atoms with Gasteiger partial charge in [0, 0.05) is 29.6 Å². The van der Waals surface area contributed by atoms with Gasteiger partial charge < -0.3 is 9.88 Å². The van der Waals surface area contributed by atoms with E-state index in [4.69, 9.17) is 11.6 Å². The highest BCUT2D eigenvalue weighted by molar-refractivity contribution is 6.30. The molecule has 0 saturated carbocycles. The van der Waals surface area contributed by atoms with Crippen molar-refractivity contribution in [1.29, 1.82) is 0 Å². The molecule has 0 atom stereocenters. The van der Waals surface area contributed by atoms with Gasteiger partial charge in [-0.3, -0.25) is 0 Å². The van der Waals surface area contributed by atoms with Crippen LogP contribution in [0.4, 0.5) is 11.6 Å². The van der Waals surface area contributed by atoms with Crippen molar-refractivity contribution in [2.75, 3.05) is 5.32 Å². The lowest BCUT2D eigenvalue weighted by atomic mass is 10.2. The SMILES string of the molecule is Cc1cc(Cl)ccc1Nc1nccn1CC(C)C. The zero-order valence-corrected chi connectivity index (χ0v) is 11.7. The second-order valence-corrected chi connectivity index (χ2v) is 5.32. The summed E-state index contributed by atoms with van der Waals surface area (Å²) in [7, 11) is 0. The Hall–Kier alpha value is -1.48. The summed E-state index contributed by atoms with van der Waals surface area (Å²) >= 11 is 5.95. The monoisotopic (exact) mass is 263 g/mol. The quantitative estimate of drug-likeness (QED) is 0.894. The van der Waals surface area contributed by atoms with Crippen LogP contribution in [0, 0.1) is 12.8 Å². The lowest BCUT2D eigenvalue weighted by molar-refractivity contribution is 0.527. The molecule has 0 spiro atoms.